The molecule has 2 nitrogen and oxygen atoms in total. The zero-order valence-electron chi connectivity index (χ0n) is 12.1. The van der Waals surface area contributed by atoms with Crippen molar-refractivity contribution in [3.05, 3.63) is 12.7 Å². The maximum atomic E-state index is 6.06. The Hall–Kier alpha value is -0.340. The first kappa shape index (κ1) is 14.7. The Bertz CT molecular complexity index is 229. The predicted octanol–water partition coefficient (Wildman–Crippen LogP) is 4.32. The van der Waals surface area contributed by atoms with Crippen LogP contribution >= 0.6 is 0 Å². The minimum absolute atomic E-state index is 0.167. The van der Waals surface area contributed by atoms with E-state index in [-0.39, 0.29) is 11.1 Å². The Labute approximate surface area is 107 Å². The van der Waals surface area contributed by atoms with Crippen molar-refractivity contribution in [1.82, 2.24) is 5.06 Å². The first-order valence-electron chi connectivity index (χ1n) is 6.94. The molecule has 2 heteroatoms. The highest BCUT2D eigenvalue weighted by Crippen LogP contribution is 2.38. The van der Waals surface area contributed by atoms with E-state index < -0.39 is 0 Å². The van der Waals surface area contributed by atoms with Crippen molar-refractivity contribution >= 4 is 0 Å². The highest BCUT2D eigenvalue weighted by molar-refractivity contribution is 4.92. The van der Waals surface area contributed by atoms with Gasteiger partial charge in [-0.05, 0) is 66.2 Å². The molecule has 1 aliphatic rings. The van der Waals surface area contributed by atoms with Gasteiger partial charge in [0.25, 0.3) is 0 Å². The fraction of sp³-hybridized carbons (Fsp3) is 0.867. The van der Waals surface area contributed by atoms with Crippen molar-refractivity contribution in [2.75, 3.05) is 6.61 Å². The molecular weight excluding hydrogens is 210 g/mol. The lowest BCUT2D eigenvalue weighted by atomic mass is 9.82. The Morgan fingerprint density at radius 1 is 1.12 bits per heavy atom. The summed E-state index contributed by atoms with van der Waals surface area (Å²) in [4.78, 5) is 6.06. The zero-order chi connectivity index (χ0) is 12.9. The summed E-state index contributed by atoms with van der Waals surface area (Å²) in [5.41, 5.74) is 0.334. The predicted molar refractivity (Wildman–Crippen MR) is 73.8 cm³/mol. The normalized spacial score (nSPS) is 23.5. The van der Waals surface area contributed by atoms with Gasteiger partial charge in [-0.2, -0.15) is 5.06 Å². The van der Waals surface area contributed by atoms with Gasteiger partial charge < -0.3 is 0 Å². The zero-order valence-corrected chi connectivity index (χ0v) is 12.1. The number of unbranched alkanes of at least 4 members (excludes halogenated alkanes) is 2. The maximum Gasteiger partial charge on any atom is 0.0685 e. The molecule has 0 radical (unpaired) electrons. The molecule has 1 saturated heterocycles. The van der Waals surface area contributed by atoms with Crippen LogP contribution in [0.4, 0.5) is 0 Å². The third-order valence-corrected chi connectivity index (χ3v) is 3.70. The number of hydrogen-bond acceptors (Lipinski definition) is 2. The molecule has 0 aliphatic carbocycles. The van der Waals surface area contributed by atoms with Gasteiger partial charge in [0.15, 0.2) is 0 Å². The quantitative estimate of drug-likeness (QED) is 0.505. The minimum atomic E-state index is 0.167. The molecule has 17 heavy (non-hydrogen) atoms. The van der Waals surface area contributed by atoms with Crippen LogP contribution in [0.25, 0.3) is 0 Å². The second-order valence-electron chi connectivity index (χ2n) is 6.39. The van der Waals surface area contributed by atoms with E-state index in [4.69, 9.17) is 4.84 Å². The molecule has 1 aliphatic heterocycles. The van der Waals surface area contributed by atoms with Crippen LogP contribution in [0, 0.1) is 0 Å². The van der Waals surface area contributed by atoms with Gasteiger partial charge in [-0.3, -0.25) is 4.84 Å². The van der Waals surface area contributed by atoms with Crippen LogP contribution in [0.3, 0.4) is 0 Å². The van der Waals surface area contributed by atoms with E-state index in [1.54, 1.807) is 0 Å². The van der Waals surface area contributed by atoms with Gasteiger partial charge in [0.05, 0.1) is 6.61 Å². The second kappa shape index (κ2) is 6.01. The van der Waals surface area contributed by atoms with Crippen molar-refractivity contribution in [2.24, 2.45) is 0 Å². The highest BCUT2D eigenvalue weighted by atomic mass is 16.7. The van der Waals surface area contributed by atoms with Crippen LogP contribution in [0.15, 0.2) is 12.7 Å². The minimum Gasteiger partial charge on any atom is -0.298 e. The molecular formula is C15H29NO. The number of hydroxylamine groups is 2. The van der Waals surface area contributed by atoms with Crippen LogP contribution in [0.5, 0.6) is 0 Å². The van der Waals surface area contributed by atoms with Crippen molar-refractivity contribution < 1.29 is 4.84 Å². The first-order valence-corrected chi connectivity index (χ1v) is 6.94. The Morgan fingerprint density at radius 3 is 2.24 bits per heavy atom. The van der Waals surface area contributed by atoms with Gasteiger partial charge in [-0.1, -0.05) is 6.08 Å². The standard InChI is InChI=1S/C15H29NO/c1-6-7-8-9-13-17-16-14(2,3)11-10-12-15(16,4)5/h6H,1,7-13H2,2-5H3. The van der Waals surface area contributed by atoms with Crippen molar-refractivity contribution in [3.8, 4) is 0 Å². The Morgan fingerprint density at radius 2 is 1.71 bits per heavy atom. The molecule has 1 heterocycles. The molecule has 0 aromatic rings. The third kappa shape index (κ3) is 4.11. The average molecular weight is 239 g/mol. The van der Waals surface area contributed by atoms with Crippen molar-refractivity contribution in [1.29, 1.82) is 0 Å². The molecule has 0 saturated carbocycles. The lowest BCUT2D eigenvalue weighted by Gasteiger charge is -2.51. The molecule has 0 aromatic carbocycles. The summed E-state index contributed by atoms with van der Waals surface area (Å²) < 4.78 is 0. The molecule has 100 valence electrons. The number of hydrogen-bond donors (Lipinski definition) is 0. The van der Waals surface area contributed by atoms with Crippen molar-refractivity contribution in [2.45, 2.75) is 77.3 Å². The van der Waals surface area contributed by atoms with Crippen LogP contribution < -0.4 is 0 Å². The van der Waals surface area contributed by atoms with E-state index in [0.29, 0.717) is 0 Å². The van der Waals surface area contributed by atoms with Gasteiger partial charge in [-0.25, -0.2) is 0 Å². The lowest BCUT2D eigenvalue weighted by molar-refractivity contribution is -0.281. The molecule has 1 rings (SSSR count). The van der Waals surface area contributed by atoms with Crippen LogP contribution in [-0.2, 0) is 4.84 Å². The summed E-state index contributed by atoms with van der Waals surface area (Å²) in [5, 5.41) is 2.25. The molecule has 0 aromatic heterocycles. The SMILES string of the molecule is C=CCCCCON1C(C)(C)CCCC1(C)C. The maximum absolute atomic E-state index is 6.06. The third-order valence-electron chi connectivity index (χ3n) is 3.70. The summed E-state index contributed by atoms with van der Waals surface area (Å²) in [6.07, 6.45) is 9.13. The molecule has 0 N–H and O–H groups in total. The topological polar surface area (TPSA) is 12.5 Å². The Balaban J connectivity index is 2.44. The van der Waals surface area contributed by atoms with E-state index in [1.165, 1.54) is 25.7 Å². The van der Waals surface area contributed by atoms with Crippen molar-refractivity contribution in [3.63, 3.8) is 0 Å². The number of piperidine rings is 1. The monoisotopic (exact) mass is 239 g/mol. The average Bonchev–Trinajstić information content (AvgIpc) is 2.20. The number of rotatable bonds is 6. The number of nitrogens with zero attached hydrogens (tertiary/aromatic N) is 1. The highest BCUT2D eigenvalue weighted by Gasteiger charge is 2.42. The Kier molecular flexibility index (Phi) is 5.21. The van der Waals surface area contributed by atoms with Gasteiger partial charge in [0.2, 0.25) is 0 Å². The molecule has 0 atom stereocenters. The summed E-state index contributed by atoms with van der Waals surface area (Å²) in [6.45, 7) is 13.7. The van der Waals surface area contributed by atoms with Gasteiger partial charge in [0, 0.05) is 11.1 Å². The van der Waals surface area contributed by atoms with E-state index in [9.17, 15) is 0 Å². The number of allylic oxidation sites excluding steroid dienone is 1. The molecule has 0 unspecified atom stereocenters. The summed E-state index contributed by atoms with van der Waals surface area (Å²) >= 11 is 0. The van der Waals surface area contributed by atoms with E-state index >= 15 is 0 Å². The molecule has 1 fully saturated rings. The van der Waals surface area contributed by atoms with Crippen LogP contribution in [-0.4, -0.2) is 22.7 Å². The van der Waals surface area contributed by atoms with Gasteiger partial charge in [-0.15, -0.1) is 6.58 Å². The summed E-state index contributed by atoms with van der Waals surface area (Å²) in [5.74, 6) is 0. The molecule has 0 bridgehead atoms. The fourth-order valence-electron chi connectivity index (χ4n) is 2.87. The smallest absolute Gasteiger partial charge is 0.0685 e. The molecule has 0 spiro atoms. The molecule has 0 amide bonds. The van der Waals surface area contributed by atoms with E-state index in [0.717, 1.165) is 19.4 Å². The largest absolute Gasteiger partial charge is 0.298 e. The lowest BCUT2D eigenvalue weighted by Crippen LogP contribution is -2.58. The van der Waals surface area contributed by atoms with Crippen LogP contribution in [0.2, 0.25) is 0 Å². The fourth-order valence-corrected chi connectivity index (χ4v) is 2.87. The van der Waals surface area contributed by atoms with Gasteiger partial charge >= 0.3 is 0 Å². The van der Waals surface area contributed by atoms with Crippen LogP contribution in [0.1, 0.15) is 66.2 Å². The van der Waals surface area contributed by atoms with E-state index in [1.807, 2.05) is 6.08 Å². The second-order valence-corrected chi connectivity index (χ2v) is 6.39. The summed E-state index contributed by atoms with van der Waals surface area (Å²) in [7, 11) is 0. The summed E-state index contributed by atoms with van der Waals surface area (Å²) in [6, 6.07) is 0. The van der Waals surface area contributed by atoms with Gasteiger partial charge in [0.1, 0.15) is 0 Å². The van der Waals surface area contributed by atoms with E-state index in [2.05, 4.69) is 39.3 Å². The first-order chi connectivity index (χ1) is 7.90.